The maximum absolute atomic E-state index is 13.4. The molecule has 0 radical (unpaired) electrons. The molecule has 1 saturated carbocycles. The number of benzene rings is 2. The van der Waals surface area contributed by atoms with E-state index in [0.717, 1.165) is 61.7 Å². The van der Waals surface area contributed by atoms with E-state index in [1.54, 1.807) is 37.9 Å². The number of rotatable bonds is 10. The van der Waals surface area contributed by atoms with Gasteiger partial charge in [0, 0.05) is 55.9 Å². The smallest absolute Gasteiger partial charge is 0.337 e. The Morgan fingerprint density at radius 2 is 1.88 bits per heavy atom. The molecule has 0 unspecified atom stereocenters. The number of carbonyl (C=O) groups is 2. The highest BCUT2D eigenvalue weighted by Gasteiger charge is 2.44. The number of aryl methyl sites for hydroxylation is 1. The summed E-state index contributed by atoms with van der Waals surface area (Å²) in [5, 5.41) is -0.286. The molecule has 1 spiro atoms. The summed E-state index contributed by atoms with van der Waals surface area (Å²) in [5.41, 5.74) is 3.64. The lowest BCUT2D eigenvalue weighted by Crippen LogP contribution is -2.49. The number of halogens is 1. The molecule has 2 aliphatic carbocycles. The van der Waals surface area contributed by atoms with Crippen LogP contribution in [0, 0.1) is 17.8 Å². The van der Waals surface area contributed by atoms with E-state index in [9.17, 15) is 18.0 Å². The molecule has 1 fully saturated rings. The largest absolute Gasteiger partial charge is 0.490 e. The second kappa shape index (κ2) is 14.3. The molecule has 1 aliphatic heterocycles. The van der Waals surface area contributed by atoms with Crippen LogP contribution in [0.2, 0.25) is 5.02 Å². The molecular weight excluding hydrogens is 664 g/mol. The van der Waals surface area contributed by atoms with Crippen LogP contribution in [0.1, 0.15) is 67.4 Å². The average Bonchev–Trinajstić information content (AvgIpc) is 3.25. The van der Waals surface area contributed by atoms with Gasteiger partial charge in [-0.2, -0.15) is 0 Å². The number of esters is 1. The third-order valence-corrected chi connectivity index (χ3v) is 13.4. The van der Waals surface area contributed by atoms with Gasteiger partial charge in [0.1, 0.15) is 5.75 Å². The molecule has 3 aromatic rings. The number of hydrogen-bond acceptors (Lipinski definition) is 9. The number of fused-ring (bicyclic) bond motifs is 3. The Hall–Kier alpha value is -3.70. The summed E-state index contributed by atoms with van der Waals surface area (Å²) < 4.78 is 37.8. The van der Waals surface area contributed by atoms with E-state index in [2.05, 4.69) is 27.0 Å². The van der Waals surface area contributed by atoms with Gasteiger partial charge < -0.3 is 19.3 Å². The summed E-state index contributed by atoms with van der Waals surface area (Å²) in [6.45, 7) is 6.00. The van der Waals surface area contributed by atoms with Crippen molar-refractivity contribution in [3.8, 4) is 5.75 Å². The molecule has 1 amide bonds. The van der Waals surface area contributed by atoms with Crippen LogP contribution < -0.4 is 9.64 Å². The second-order valence-corrected chi connectivity index (χ2v) is 16.7. The number of methoxy groups -OCH3 is 1. The predicted octanol–water partition coefficient (Wildman–Crippen LogP) is 5.76. The number of carbonyl (C=O) groups excluding carboxylic acids is 2. The maximum Gasteiger partial charge on any atom is 0.337 e. The summed E-state index contributed by atoms with van der Waals surface area (Å²) in [4.78, 5) is 38.0. The monoisotopic (exact) mass is 708 g/mol. The fraction of sp³-hybridized carbons (Fsp3) is 0.514. The second-order valence-electron chi connectivity index (χ2n) is 14.1. The fourth-order valence-electron chi connectivity index (χ4n) is 7.72. The highest BCUT2D eigenvalue weighted by molar-refractivity contribution is 7.91. The molecule has 2 aromatic carbocycles. The van der Waals surface area contributed by atoms with Crippen LogP contribution in [0.15, 0.2) is 60.0 Å². The molecule has 6 rings (SSSR count). The van der Waals surface area contributed by atoms with Crippen LogP contribution in [0.25, 0.3) is 0 Å². The molecule has 1 aromatic heterocycles. The van der Waals surface area contributed by atoms with Crippen LogP contribution in [0.5, 0.6) is 5.75 Å². The molecular formula is C37H45ClN4O6S. The lowest BCUT2D eigenvalue weighted by molar-refractivity contribution is -0.132. The third kappa shape index (κ3) is 7.15. The predicted molar refractivity (Wildman–Crippen MR) is 188 cm³/mol. The number of anilines is 1. The number of amides is 1. The Labute approximate surface area is 294 Å². The minimum atomic E-state index is -3.77. The molecule has 0 bridgehead atoms. The SMILES string of the molecule is COC(=O)c1ccc2c(c1)N(C[C@@H]1CC[C@H]1CN(C)C(=O)C[C@@H](C)[C@H](C)S(=O)(=O)c1ncccn1)C[C@@]1(CCCc3cc(Cl)ccc31)CO2. The molecule has 10 nitrogen and oxygen atoms in total. The summed E-state index contributed by atoms with van der Waals surface area (Å²) in [6.07, 6.45) is 7.94. The number of hydrogen-bond donors (Lipinski definition) is 0. The molecule has 0 N–H and O–H groups in total. The van der Waals surface area contributed by atoms with Crippen LogP contribution in [0.4, 0.5) is 5.69 Å². The molecule has 12 heteroatoms. The number of ether oxygens (including phenoxy) is 2. The molecule has 0 saturated heterocycles. The van der Waals surface area contributed by atoms with E-state index in [1.807, 2.05) is 18.2 Å². The summed E-state index contributed by atoms with van der Waals surface area (Å²) in [6, 6.07) is 13.3. The van der Waals surface area contributed by atoms with Crippen molar-refractivity contribution in [3.63, 3.8) is 0 Å². The molecule has 49 heavy (non-hydrogen) atoms. The first-order valence-corrected chi connectivity index (χ1v) is 19.0. The van der Waals surface area contributed by atoms with Crippen LogP contribution in [-0.4, -0.2) is 80.8 Å². The van der Waals surface area contributed by atoms with E-state index in [-0.39, 0.29) is 28.8 Å². The van der Waals surface area contributed by atoms with Crippen LogP contribution in [0.3, 0.4) is 0 Å². The van der Waals surface area contributed by atoms with Gasteiger partial charge >= 0.3 is 5.97 Å². The Bertz CT molecular complexity index is 1810. The van der Waals surface area contributed by atoms with Crippen LogP contribution in [-0.2, 0) is 31.2 Å². The number of sulfone groups is 1. The summed E-state index contributed by atoms with van der Waals surface area (Å²) in [5.74, 6) is 0.458. The van der Waals surface area contributed by atoms with Crippen molar-refractivity contribution in [3.05, 3.63) is 76.6 Å². The Balaban J connectivity index is 1.18. The minimum absolute atomic E-state index is 0.0816. The van der Waals surface area contributed by atoms with Gasteiger partial charge in [0.15, 0.2) is 0 Å². The molecule has 3 aliphatic rings. The van der Waals surface area contributed by atoms with Gasteiger partial charge in [0.2, 0.25) is 20.9 Å². The Kier molecular flexibility index (Phi) is 10.2. The first-order chi connectivity index (χ1) is 23.4. The van der Waals surface area contributed by atoms with Gasteiger partial charge in [-0.25, -0.2) is 23.2 Å². The van der Waals surface area contributed by atoms with E-state index < -0.39 is 27.0 Å². The quantitative estimate of drug-likeness (QED) is 0.191. The average molecular weight is 709 g/mol. The van der Waals surface area contributed by atoms with Crippen molar-refractivity contribution in [1.29, 1.82) is 0 Å². The Morgan fingerprint density at radius 3 is 2.59 bits per heavy atom. The minimum Gasteiger partial charge on any atom is -0.490 e. The fourth-order valence-corrected chi connectivity index (χ4v) is 9.37. The van der Waals surface area contributed by atoms with Crippen molar-refractivity contribution in [2.45, 2.75) is 68.2 Å². The van der Waals surface area contributed by atoms with Gasteiger partial charge in [0.25, 0.3) is 0 Å². The normalized spacial score (nSPS) is 22.8. The van der Waals surface area contributed by atoms with Crippen LogP contribution >= 0.6 is 11.6 Å². The van der Waals surface area contributed by atoms with Gasteiger partial charge in [-0.15, -0.1) is 0 Å². The van der Waals surface area contributed by atoms with Gasteiger partial charge in [-0.05, 0) is 104 Å². The standard InChI is InChI=1S/C37H45ClN4O6S/c1-24(25(2)49(45,46)36-39-15-6-16-40-36)17-34(43)41(3)20-28-8-9-29(28)21-42-22-37(14-5-7-26-18-30(38)11-12-31(26)37)23-48-33-13-10-27(19-32(33)42)35(44)47-4/h6,10-13,15-16,18-19,24-25,28-29H,5,7-9,14,17,20-23H2,1-4H3/t24-,25+,28+,29+,37+/m1/s1. The van der Waals surface area contributed by atoms with Crippen molar-refractivity contribution in [2.75, 3.05) is 45.3 Å². The van der Waals surface area contributed by atoms with E-state index in [1.165, 1.54) is 30.6 Å². The highest BCUT2D eigenvalue weighted by Crippen LogP contribution is 2.46. The zero-order chi connectivity index (χ0) is 34.9. The van der Waals surface area contributed by atoms with Crippen molar-refractivity contribution in [1.82, 2.24) is 14.9 Å². The van der Waals surface area contributed by atoms with E-state index in [4.69, 9.17) is 21.1 Å². The topological polar surface area (TPSA) is 119 Å². The van der Waals surface area contributed by atoms with Gasteiger partial charge in [-0.1, -0.05) is 24.6 Å². The molecule has 262 valence electrons. The number of nitrogens with zero attached hydrogens (tertiary/aromatic N) is 4. The Morgan fingerprint density at radius 1 is 1.12 bits per heavy atom. The number of aromatic nitrogens is 2. The van der Waals surface area contributed by atoms with Crippen molar-refractivity contribution < 1.29 is 27.5 Å². The summed E-state index contributed by atoms with van der Waals surface area (Å²) >= 11 is 6.42. The molecule has 5 atom stereocenters. The highest BCUT2D eigenvalue weighted by atomic mass is 35.5. The van der Waals surface area contributed by atoms with Crippen molar-refractivity contribution >= 4 is 39.0 Å². The van der Waals surface area contributed by atoms with Gasteiger partial charge in [0.05, 0.1) is 30.2 Å². The van der Waals surface area contributed by atoms with Gasteiger partial charge in [-0.3, -0.25) is 4.79 Å². The first-order valence-electron chi connectivity index (χ1n) is 17.1. The zero-order valence-corrected chi connectivity index (χ0v) is 30.2. The maximum atomic E-state index is 13.4. The zero-order valence-electron chi connectivity index (χ0n) is 28.6. The van der Waals surface area contributed by atoms with E-state index >= 15 is 0 Å². The van der Waals surface area contributed by atoms with E-state index in [0.29, 0.717) is 24.6 Å². The summed E-state index contributed by atoms with van der Waals surface area (Å²) in [7, 11) is -0.575. The van der Waals surface area contributed by atoms with Crippen molar-refractivity contribution in [2.24, 2.45) is 17.8 Å². The first kappa shape index (κ1) is 35.1. The lowest BCUT2D eigenvalue weighted by Gasteiger charge is -2.45. The lowest BCUT2D eigenvalue weighted by atomic mass is 9.69. The third-order valence-electron chi connectivity index (χ3n) is 11.0. The molecule has 2 heterocycles.